The molecule has 3 aromatic heterocycles. The maximum Gasteiger partial charge on any atom is 0.258 e. The number of halogens is 1. The second-order valence-corrected chi connectivity index (χ2v) is 10.9. The molecule has 13 heteroatoms. The van der Waals surface area contributed by atoms with E-state index in [2.05, 4.69) is 25.1 Å². The van der Waals surface area contributed by atoms with Crippen LogP contribution < -0.4 is 9.47 Å². The second-order valence-electron chi connectivity index (χ2n) is 8.25. The van der Waals surface area contributed by atoms with Gasteiger partial charge >= 0.3 is 0 Å². The van der Waals surface area contributed by atoms with Crippen molar-refractivity contribution < 1.29 is 22.6 Å². The van der Waals surface area contributed by atoms with E-state index < -0.39 is 9.84 Å². The Morgan fingerprint density at radius 1 is 1.23 bits per heavy atom. The maximum atomic E-state index is 13.0. The molecule has 0 bridgehead atoms. The van der Waals surface area contributed by atoms with E-state index in [0.29, 0.717) is 52.9 Å². The van der Waals surface area contributed by atoms with Gasteiger partial charge in [0, 0.05) is 31.6 Å². The van der Waals surface area contributed by atoms with Crippen LogP contribution in [0.25, 0.3) is 11.4 Å². The fourth-order valence-electron chi connectivity index (χ4n) is 3.66. The first-order valence-corrected chi connectivity index (χ1v) is 13.4. The fraction of sp³-hybridized carbons (Fsp3) is 0.500. The van der Waals surface area contributed by atoms with Gasteiger partial charge in [0.2, 0.25) is 0 Å². The molecule has 0 unspecified atom stereocenters. The molecule has 0 amide bonds. The number of sulfone groups is 1. The van der Waals surface area contributed by atoms with E-state index in [-0.39, 0.29) is 36.7 Å². The van der Waals surface area contributed by atoms with Crippen molar-refractivity contribution in [1.82, 2.24) is 29.7 Å². The first-order chi connectivity index (χ1) is 16.8. The van der Waals surface area contributed by atoms with E-state index in [4.69, 9.17) is 25.8 Å². The van der Waals surface area contributed by atoms with Gasteiger partial charge in [-0.1, -0.05) is 11.6 Å². The number of pyridine rings is 1. The summed E-state index contributed by atoms with van der Waals surface area (Å²) in [5, 5.41) is 8.98. The maximum absolute atomic E-state index is 13.0. The number of rotatable bonds is 10. The van der Waals surface area contributed by atoms with Crippen LogP contribution in [0.2, 0.25) is 5.02 Å². The number of aromatic nitrogens is 6. The third kappa shape index (κ3) is 6.06. The Morgan fingerprint density at radius 3 is 2.71 bits per heavy atom. The van der Waals surface area contributed by atoms with Gasteiger partial charge in [0.15, 0.2) is 21.4 Å². The Labute approximate surface area is 208 Å². The van der Waals surface area contributed by atoms with Crippen molar-refractivity contribution in [2.24, 2.45) is 0 Å². The number of fused-ring (bicyclic) bond motifs is 3. The van der Waals surface area contributed by atoms with Crippen LogP contribution in [0.1, 0.15) is 38.5 Å². The van der Waals surface area contributed by atoms with E-state index in [0.717, 1.165) is 0 Å². The van der Waals surface area contributed by atoms with Crippen LogP contribution in [0.15, 0.2) is 24.7 Å². The molecule has 1 aliphatic heterocycles. The molecule has 11 nitrogen and oxygen atoms in total. The lowest BCUT2D eigenvalue weighted by molar-refractivity contribution is 0.0906. The van der Waals surface area contributed by atoms with Crippen molar-refractivity contribution in [2.75, 3.05) is 25.6 Å². The van der Waals surface area contributed by atoms with Gasteiger partial charge in [-0.25, -0.2) is 23.4 Å². The van der Waals surface area contributed by atoms with E-state index in [1.165, 1.54) is 12.4 Å². The molecule has 4 rings (SSSR count). The third-order valence-corrected chi connectivity index (χ3v) is 6.90. The van der Waals surface area contributed by atoms with Crippen molar-refractivity contribution in [2.45, 2.75) is 45.1 Å². The van der Waals surface area contributed by atoms with Crippen molar-refractivity contribution in [3.63, 3.8) is 0 Å². The zero-order valence-electron chi connectivity index (χ0n) is 19.7. The minimum atomic E-state index is -3.56. The summed E-state index contributed by atoms with van der Waals surface area (Å²) < 4.78 is 45.4. The summed E-state index contributed by atoms with van der Waals surface area (Å²) in [5.74, 6) is 1.54. The summed E-state index contributed by atoms with van der Waals surface area (Å²) in [7, 11) is -3.56. The number of nitrogens with zero attached hydrogens (tertiary/aromatic N) is 6. The average Bonchev–Trinajstić information content (AvgIpc) is 3.13. The molecule has 1 aliphatic rings. The van der Waals surface area contributed by atoms with Crippen molar-refractivity contribution in [3.8, 4) is 23.0 Å². The summed E-state index contributed by atoms with van der Waals surface area (Å²) in [4.78, 5) is 12.4. The van der Waals surface area contributed by atoms with Crippen LogP contribution in [0.4, 0.5) is 0 Å². The highest BCUT2D eigenvalue weighted by atomic mass is 35.5. The molecule has 0 saturated heterocycles. The normalized spacial score (nSPS) is 15.3. The standard InChI is InChI=1S/C22H27ClN6O5S/c1-4-32-11-16-12-33-20-17(5-7-24-22(20)34-14(2)3)21-28-27-19(29(16)21)13-35(30,31)8-6-18-25-9-15(23)10-26-18/h5,7,9-10,14,16H,4,6,8,11-13H2,1-3H3/t16-/m1/s1. The van der Waals surface area contributed by atoms with Crippen LogP contribution >= 0.6 is 11.6 Å². The zero-order valence-corrected chi connectivity index (χ0v) is 21.3. The first-order valence-electron chi connectivity index (χ1n) is 11.2. The van der Waals surface area contributed by atoms with Crippen LogP contribution in [0, 0.1) is 0 Å². The van der Waals surface area contributed by atoms with Gasteiger partial charge in [-0.15, -0.1) is 10.2 Å². The number of ether oxygens (including phenoxy) is 3. The van der Waals surface area contributed by atoms with Crippen LogP contribution in [0.5, 0.6) is 11.6 Å². The van der Waals surface area contributed by atoms with Gasteiger partial charge in [-0.05, 0) is 26.8 Å². The Morgan fingerprint density at radius 2 is 2.00 bits per heavy atom. The topological polar surface area (TPSA) is 131 Å². The average molecular weight is 523 g/mol. The van der Waals surface area contributed by atoms with E-state index >= 15 is 0 Å². The van der Waals surface area contributed by atoms with E-state index in [9.17, 15) is 8.42 Å². The Balaban J connectivity index is 1.65. The highest BCUT2D eigenvalue weighted by Gasteiger charge is 2.32. The molecule has 0 N–H and O–H groups in total. The molecule has 0 saturated carbocycles. The highest BCUT2D eigenvalue weighted by Crippen LogP contribution is 2.40. The molecule has 3 aromatic rings. The SMILES string of the molecule is CCOC[C@@H]1COc2c(ccnc2OC(C)C)-c2nnc(CS(=O)(=O)CCc3ncc(Cl)cn3)n21. The molecule has 0 spiro atoms. The number of hydrogen-bond acceptors (Lipinski definition) is 10. The molecular weight excluding hydrogens is 496 g/mol. The van der Waals surface area contributed by atoms with Crippen molar-refractivity contribution in [1.29, 1.82) is 0 Å². The quantitative estimate of drug-likeness (QED) is 0.391. The highest BCUT2D eigenvalue weighted by molar-refractivity contribution is 7.90. The molecule has 188 valence electrons. The zero-order chi connectivity index (χ0) is 25.0. The third-order valence-electron chi connectivity index (χ3n) is 5.19. The van der Waals surface area contributed by atoms with E-state index in [1.54, 1.807) is 16.8 Å². The minimum absolute atomic E-state index is 0.108. The largest absolute Gasteiger partial charge is 0.485 e. The summed E-state index contributed by atoms with van der Waals surface area (Å²) >= 11 is 5.80. The minimum Gasteiger partial charge on any atom is -0.485 e. The number of hydrogen-bond donors (Lipinski definition) is 0. The Bertz CT molecular complexity index is 1270. The molecular formula is C22H27ClN6O5S. The van der Waals surface area contributed by atoms with Crippen LogP contribution in [-0.2, 0) is 26.7 Å². The summed E-state index contributed by atoms with van der Waals surface area (Å²) in [6, 6.07) is 1.41. The van der Waals surface area contributed by atoms with Gasteiger partial charge in [-0.3, -0.25) is 0 Å². The predicted molar refractivity (Wildman–Crippen MR) is 128 cm³/mol. The van der Waals surface area contributed by atoms with Crippen LogP contribution in [-0.4, -0.2) is 69.8 Å². The molecule has 0 radical (unpaired) electrons. The summed E-state index contributed by atoms with van der Waals surface area (Å²) in [6.07, 6.45) is 4.54. The molecule has 35 heavy (non-hydrogen) atoms. The monoisotopic (exact) mass is 522 g/mol. The fourth-order valence-corrected chi connectivity index (χ4v) is 4.98. The lowest BCUT2D eigenvalue weighted by Crippen LogP contribution is -2.25. The molecule has 0 aliphatic carbocycles. The number of aryl methyl sites for hydroxylation is 1. The predicted octanol–water partition coefficient (Wildman–Crippen LogP) is 2.70. The Hall–Kier alpha value is -2.83. The summed E-state index contributed by atoms with van der Waals surface area (Å²) in [6.45, 7) is 6.70. The van der Waals surface area contributed by atoms with Crippen molar-refractivity contribution >= 4 is 21.4 Å². The van der Waals surface area contributed by atoms with Gasteiger partial charge in [-0.2, -0.15) is 0 Å². The van der Waals surface area contributed by atoms with Crippen molar-refractivity contribution in [3.05, 3.63) is 41.3 Å². The van der Waals surface area contributed by atoms with Gasteiger partial charge in [0.05, 0.1) is 35.1 Å². The smallest absolute Gasteiger partial charge is 0.258 e. The molecule has 4 heterocycles. The van der Waals surface area contributed by atoms with Gasteiger partial charge in [0.25, 0.3) is 5.88 Å². The first kappa shape index (κ1) is 25.3. The van der Waals surface area contributed by atoms with Crippen LogP contribution in [0.3, 0.4) is 0 Å². The lowest BCUT2D eigenvalue weighted by atomic mass is 10.2. The van der Waals surface area contributed by atoms with E-state index in [1.807, 2.05) is 20.8 Å². The summed E-state index contributed by atoms with van der Waals surface area (Å²) in [5.41, 5.74) is 0.625. The van der Waals surface area contributed by atoms with Gasteiger partial charge in [0.1, 0.15) is 24.0 Å². The lowest BCUT2D eigenvalue weighted by Gasteiger charge is -2.19. The Kier molecular flexibility index (Phi) is 7.82. The molecule has 0 fully saturated rings. The molecule has 1 atom stereocenters. The van der Waals surface area contributed by atoms with Gasteiger partial charge < -0.3 is 18.8 Å². The second kappa shape index (κ2) is 10.8. The molecule has 0 aromatic carbocycles.